The fourth-order valence-electron chi connectivity index (χ4n) is 2.90. The molecule has 0 saturated heterocycles. The molecule has 6 heteroatoms. The van der Waals surface area contributed by atoms with E-state index in [1.165, 1.54) is 36.4 Å². The van der Waals surface area contributed by atoms with E-state index in [0.717, 1.165) is 24.3 Å². The van der Waals surface area contributed by atoms with Crippen LogP contribution in [0.2, 0.25) is 0 Å². The van der Waals surface area contributed by atoms with Gasteiger partial charge in [0.1, 0.15) is 0 Å². The quantitative estimate of drug-likeness (QED) is 0.684. The number of halogens is 6. The molecule has 1 fully saturated rings. The van der Waals surface area contributed by atoms with E-state index in [9.17, 15) is 17.6 Å². The second-order valence-corrected chi connectivity index (χ2v) is 5.20. The second-order valence-electron chi connectivity index (χ2n) is 5.20. The van der Waals surface area contributed by atoms with Crippen LogP contribution in [0.5, 0.6) is 0 Å². The standard InChI is InChI=1S/C16H10F6/c17-13(11-7-3-1-4-8-11)14(18,12-9-5-2-6-10-12)16(21,22)15(13,19)20/h1-10H/t13-,14+. The molecule has 0 heterocycles. The molecule has 22 heavy (non-hydrogen) atoms. The minimum absolute atomic E-state index is 0.822. The van der Waals surface area contributed by atoms with Gasteiger partial charge in [0, 0.05) is 0 Å². The molecule has 2 atom stereocenters. The predicted octanol–water partition coefficient (Wildman–Crippen LogP) is 5.00. The van der Waals surface area contributed by atoms with Gasteiger partial charge in [0.25, 0.3) is 0 Å². The SMILES string of the molecule is FC1(F)C(F)(F)[C@@](F)(c2ccccc2)[C@@]1(F)c1ccccc1. The smallest absolute Gasteiger partial charge is 0.227 e. The summed E-state index contributed by atoms with van der Waals surface area (Å²) in [6.45, 7) is 0. The Morgan fingerprint density at radius 2 is 0.727 bits per heavy atom. The van der Waals surface area contributed by atoms with Gasteiger partial charge in [-0.25, -0.2) is 8.78 Å². The minimum atomic E-state index is -5.16. The van der Waals surface area contributed by atoms with Gasteiger partial charge in [-0.2, -0.15) is 17.6 Å². The van der Waals surface area contributed by atoms with Crippen LogP contribution < -0.4 is 0 Å². The molecular formula is C16H10F6. The van der Waals surface area contributed by atoms with Gasteiger partial charge in [-0.15, -0.1) is 0 Å². The zero-order chi connectivity index (χ0) is 16.2. The molecule has 0 bridgehead atoms. The van der Waals surface area contributed by atoms with Crippen LogP contribution in [0.3, 0.4) is 0 Å². The van der Waals surface area contributed by atoms with Crippen LogP contribution in [0.4, 0.5) is 26.3 Å². The third-order valence-electron chi connectivity index (χ3n) is 4.08. The van der Waals surface area contributed by atoms with Gasteiger partial charge < -0.3 is 0 Å². The fourth-order valence-corrected chi connectivity index (χ4v) is 2.90. The average molecular weight is 316 g/mol. The van der Waals surface area contributed by atoms with Crippen LogP contribution in [0.1, 0.15) is 11.1 Å². The van der Waals surface area contributed by atoms with Crippen molar-refractivity contribution in [1.29, 1.82) is 0 Å². The highest BCUT2D eigenvalue weighted by Crippen LogP contribution is 2.75. The number of hydrogen-bond donors (Lipinski definition) is 0. The molecule has 3 rings (SSSR count). The lowest BCUT2D eigenvalue weighted by molar-refractivity contribution is -0.451. The highest BCUT2D eigenvalue weighted by atomic mass is 19.3. The Kier molecular flexibility index (Phi) is 2.90. The molecular weight excluding hydrogens is 306 g/mol. The van der Waals surface area contributed by atoms with E-state index < -0.39 is 34.3 Å². The van der Waals surface area contributed by atoms with Gasteiger partial charge in [-0.05, 0) is 11.1 Å². The Morgan fingerprint density at radius 3 is 1.00 bits per heavy atom. The summed E-state index contributed by atoms with van der Waals surface area (Å²) in [5.41, 5.74) is -9.94. The van der Waals surface area contributed by atoms with E-state index in [1.807, 2.05) is 0 Å². The first-order valence-electron chi connectivity index (χ1n) is 6.46. The molecule has 0 radical (unpaired) electrons. The van der Waals surface area contributed by atoms with Gasteiger partial charge >= 0.3 is 11.8 Å². The van der Waals surface area contributed by atoms with E-state index in [2.05, 4.69) is 0 Å². The number of alkyl halides is 6. The van der Waals surface area contributed by atoms with Gasteiger partial charge in [0.15, 0.2) is 0 Å². The van der Waals surface area contributed by atoms with Crippen molar-refractivity contribution in [1.82, 2.24) is 0 Å². The summed E-state index contributed by atoms with van der Waals surface area (Å²) < 4.78 is 85.5. The van der Waals surface area contributed by atoms with Crippen molar-refractivity contribution in [2.24, 2.45) is 0 Å². The highest BCUT2D eigenvalue weighted by Gasteiger charge is 2.98. The molecule has 1 aliphatic rings. The third kappa shape index (κ3) is 1.36. The monoisotopic (exact) mass is 316 g/mol. The van der Waals surface area contributed by atoms with Crippen LogP contribution in [0.15, 0.2) is 60.7 Å². The summed E-state index contributed by atoms with van der Waals surface area (Å²) in [4.78, 5) is 0. The molecule has 116 valence electrons. The van der Waals surface area contributed by atoms with Crippen molar-refractivity contribution in [3.8, 4) is 0 Å². The lowest BCUT2D eigenvalue weighted by Crippen LogP contribution is -2.82. The molecule has 0 aromatic heterocycles. The van der Waals surface area contributed by atoms with Gasteiger partial charge in [0.05, 0.1) is 0 Å². The molecule has 1 saturated carbocycles. The predicted molar refractivity (Wildman–Crippen MR) is 68.4 cm³/mol. The number of hydrogen-bond acceptors (Lipinski definition) is 0. The van der Waals surface area contributed by atoms with Crippen molar-refractivity contribution < 1.29 is 26.3 Å². The van der Waals surface area contributed by atoms with E-state index in [-0.39, 0.29) is 0 Å². The van der Waals surface area contributed by atoms with Crippen LogP contribution >= 0.6 is 0 Å². The molecule has 0 unspecified atom stereocenters. The molecule has 0 nitrogen and oxygen atoms in total. The highest BCUT2D eigenvalue weighted by molar-refractivity contribution is 5.47. The third-order valence-corrected chi connectivity index (χ3v) is 4.08. The maximum Gasteiger partial charge on any atom is 0.355 e. The Morgan fingerprint density at radius 1 is 0.455 bits per heavy atom. The molecule has 0 spiro atoms. The lowest BCUT2D eigenvalue weighted by atomic mass is 9.56. The summed E-state index contributed by atoms with van der Waals surface area (Å²) in [6, 6.07) is 11.0. The van der Waals surface area contributed by atoms with Crippen molar-refractivity contribution in [2.45, 2.75) is 23.2 Å². The maximum absolute atomic E-state index is 15.0. The molecule has 0 aliphatic heterocycles. The van der Waals surface area contributed by atoms with Crippen molar-refractivity contribution in [3.63, 3.8) is 0 Å². The molecule has 0 amide bonds. The Bertz CT molecular complexity index is 623. The first-order chi connectivity index (χ1) is 10.2. The first-order valence-corrected chi connectivity index (χ1v) is 6.46. The molecule has 2 aromatic carbocycles. The fraction of sp³-hybridized carbons (Fsp3) is 0.250. The molecule has 1 aliphatic carbocycles. The van der Waals surface area contributed by atoms with Crippen LogP contribution in [-0.2, 0) is 11.3 Å². The first kappa shape index (κ1) is 14.9. The summed E-state index contributed by atoms with van der Waals surface area (Å²) in [6.07, 6.45) is 0. The van der Waals surface area contributed by atoms with Crippen molar-refractivity contribution in [3.05, 3.63) is 71.8 Å². The lowest BCUT2D eigenvalue weighted by Gasteiger charge is -2.58. The van der Waals surface area contributed by atoms with Crippen molar-refractivity contribution >= 4 is 0 Å². The van der Waals surface area contributed by atoms with Crippen LogP contribution in [0.25, 0.3) is 0 Å². The van der Waals surface area contributed by atoms with Crippen molar-refractivity contribution in [2.75, 3.05) is 0 Å². The topological polar surface area (TPSA) is 0 Å². The molecule has 2 aromatic rings. The summed E-state index contributed by atoms with van der Waals surface area (Å²) in [5.74, 6) is -10.3. The average Bonchev–Trinajstić information content (AvgIpc) is 2.54. The second kappa shape index (κ2) is 4.27. The van der Waals surface area contributed by atoms with Crippen LogP contribution in [-0.4, -0.2) is 11.8 Å². The van der Waals surface area contributed by atoms with E-state index in [0.29, 0.717) is 0 Å². The normalized spacial score (nSPS) is 32.3. The Labute approximate surface area is 122 Å². The summed E-state index contributed by atoms with van der Waals surface area (Å²) in [7, 11) is 0. The number of benzene rings is 2. The Hall–Kier alpha value is -1.98. The summed E-state index contributed by atoms with van der Waals surface area (Å²) >= 11 is 0. The van der Waals surface area contributed by atoms with Gasteiger partial charge in [-0.3, -0.25) is 0 Å². The number of rotatable bonds is 2. The molecule has 0 N–H and O–H groups in total. The Balaban J connectivity index is 2.28. The van der Waals surface area contributed by atoms with Crippen LogP contribution in [0, 0.1) is 0 Å². The summed E-state index contributed by atoms with van der Waals surface area (Å²) in [5, 5.41) is 0. The van der Waals surface area contributed by atoms with E-state index >= 15 is 8.78 Å². The van der Waals surface area contributed by atoms with E-state index in [1.54, 1.807) is 0 Å². The zero-order valence-corrected chi connectivity index (χ0v) is 11.0. The van der Waals surface area contributed by atoms with Gasteiger partial charge in [-0.1, -0.05) is 60.7 Å². The largest absolute Gasteiger partial charge is 0.355 e. The maximum atomic E-state index is 15.0. The minimum Gasteiger partial charge on any atom is -0.227 e. The van der Waals surface area contributed by atoms with Gasteiger partial charge in [0.2, 0.25) is 11.3 Å². The zero-order valence-electron chi connectivity index (χ0n) is 11.0. The van der Waals surface area contributed by atoms with E-state index in [4.69, 9.17) is 0 Å².